The zero-order valence-electron chi connectivity index (χ0n) is 8.36. The van der Waals surface area contributed by atoms with Gasteiger partial charge in [0.25, 0.3) is 0 Å². The highest BCUT2D eigenvalue weighted by atomic mass is 16.5. The fraction of sp³-hybridized carbons (Fsp3) is 0.500. The van der Waals surface area contributed by atoms with E-state index in [1.165, 1.54) is 5.56 Å². The SMILES string of the molecule is Cc1ccnc(NN2CCOCC2)c1. The third-order valence-electron chi connectivity index (χ3n) is 2.20. The summed E-state index contributed by atoms with van der Waals surface area (Å²) in [7, 11) is 0. The van der Waals surface area contributed by atoms with Crippen molar-refractivity contribution >= 4 is 5.82 Å². The molecule has 76 valence electrons. The van der Waals surface area contributed by atoms with E-state index in [9.17, 15) is 0 Å². The van der Waals surface area contributed by atoms with Crippen LogP contribution in [0.15, 0.2) is 18.3 Å². The maximum atomic E-state index is 5.26. The Kier molecular flexibility index (Phi) is 2.96. The van der Waals surface area contributed by atoms with Gasteiger partial charge in [0.15, 0.2) is 0 Å². The molecule has 1 N–H and O–H groups in total. The second-order valence-electron chi connectivity index (χ2n) is 3.43. The zero-order chi connectivity index (χ0) is 9.80. The summed E-state index contributed by atoms with van der Waals surface area (Å²) < 4.78 is 5.26. The Labute approximate surface area is 83.9 Å². The molecule has 1 aromatic rings. The highest BCUT2D eigenvalue weighted by Crippen LogP contribution is 2.07. The molecule has 0 aromatic carbocycles. The molecule has 0 unspecified atom stereocenters. The molecule has 4 heteroatoms. The number of hydrogen-bond donors (Lipinski definition) is 1. The van der Waals surface area contributed by atoms with Crippen LogP contribution < -0.4 is 5.43 Å². The number of pyridine rings is 1. The lowest BCUT2D eigenvalue weighted by atomic mass is 10.3. The molecular weight excluding hydrogens is 178 g/mol. The fourth-order valence-corrected chi connectivity index (χ4v) is 1.43. The molecule has 1 aliphatic heterocycles. The Morgan fingerprint density at radius 2 is 2.21 bits per heavy atom. The predicted molar refractivity (Wildman–Crippen MR) is 55.0 cm³/mol. The number of aromatic nitrogens is 1. The van der Waals surface area contributed by atoms with Crippen LogP contribution in [0.5, 0.6) is 0 Å². The van der Waals surface area contributed by atoms with Crippen molar-refractivity contribution in [3.8, 4) is 0 Å². The fourth-order valence-electron chi connectivity index (χ4n) is 1.43. The van der Waals surface area contributed by atoms with E-state index < -0.39 is 0 Å². The molecule has 1 aliphatic rings. The molecule has 2 heterocycles. The van der Waals surface area contributed by atoms with Gasteiger partial charge in [-0.15, -0.1) is 0 Å². The van der Waals surface area contributed by atoms with Gasteiger partial charge < -0.3 is 10.2 Å². The van der Waals surface area contributed by atoms with E-state index >= 15 is 0 Å². The van der Waals surface area contributed by atoms with Gasteiger partial charge in [-0.05, 0) is 24.6 Å². The smallest absolute Gasteiger partial charge is 0.140 e. The lowest BCUT2D eigenvalue weighted by Gasteiger charge is -2.27. The van der Waals surface area contributed by atoms with Gasteiger partial charge in [0, 0.05) is 19.3 Å². The Balaban J connectivity index is 1.95. The topological polar surface area (TPSA) is 37.4 Å². The summed E-state index contributed by atoms with van der Waals surface area (Å²) in [6, 6.07) is 4.03. The minimum absolute atomic E-state index is 0.790. The molecule has 0 amide bonds. The summed E-state index contributed by atoms with van der Waals surface area (Å²) in [5.41, 5.74) is 4.48. The van der Waals surface area contributed by atoms with E-state index in [1.54, 1.807) is 0 Å². The molecule has 0 saturated carbocycles. The molecule has 0 spiro atoms. The van der Waals surface area contributed by atoms with E-state index in [4.69, 9.17) is 4.74 Å². The minimum Gasteiger partial charge on any atom is -0.379 e. The molecular formula is C10H15N3O. The lowest BCUT2D eigenvalue weighted by molar-refractivity contribution is 0.0495. The molecule has 14 heavy (non-hydrogen) atoms. The molecule has 1 fully saturated rings. The Morgan fingerprint density at radius 3 is 2.93 bits per heavy atom. The van der Waals surface area contributed by atoms with Gasteiger partial charge in [0.05, 0.1) is 13.2 Å². The van der Waals surface area contributed by atoms with Crippen molar-refractivity contribution < 1.29 is 4.74 Å². The molecule has 4 nitrogen and oxygen atoms in total. The van der Waals surface area contributed by atoms with Crippen LogP contribution in [0.1, 0.15) is 5.56 Å². The van der Waals surface area contributed by atoms with Gasteiger partial charge in [-0.2, -0.15) is 0 Å². The number of hydrogen-bond acceptors (Lipinski definition) is 4. The van der Waals surface area contributed by atoms with Crippen molar-refractivity contribution in [1.29, 1.82) is 0 Å². The van der Waals surface area contributed by atoms with E-state index in [0.717, 1.165) is 32.1 Å². The lowest BCUT2D eigenvalue weighted by Crippen LogP contribution is -2.40. The van der Waals surface area contributed by atoms with Crippen LogP contribution in [0.25, 0.3) is 0 Å². The molecule has 2 rings (SSSR count). The number of rotatable bonds is 2. The maximum Gasteiger partial charge on any atom is 0.140 e. The Bertz CT molecular complexity index is 297. The van der Waals surface area contributed by atoms with E-state index in [1.807, 2.05) is 18.3 Å². The van der Waals surface area contributed by atoms with Crippen molar-refractivity contribution in [3.05, 3.63) is 23.9 Å². The van der Waals surface area contributed by atoms with Crippen LogP contribution in [0.2, 0.25) is 0 Å². The van der Waals surface area contributed by atoms with Gasteiger partial charge in [0.1, 0.15) is 5.82 Å². The van der Waals surface area contributed by atoms with Gasteiger partial charge in [-0.25, -0.2) is 9.99 Å². The highest BCUT2D eigenvalue weighted by Gasteiger charge is 2.09. The summed E-state index contributed by atoms with van der Waals surface area (Å²) in [5.74, 6) is 0.909. The molecule has 0 bridgehead atoms. The first-order chi connectivity index (χ1) is 6.84. The number of aryl methyl sites for hydroxylation is 1. The average Bonchev–Trinajstić information content (AvgIpc) is 2.19. The van der Waals surface area contributed by atoms with Crippen molar-refractivity contribution in [2.24, 2.45) is 0 Å². The van der Waals surface area contributed by atoms with Crippen LogP contribution in [-0.4, -0.2) is 36.3 Å². The summed E-state index contributed by atoms with van der Waals surface area (Å²) >= 11 is 0. The first-order valence-electron chi connectivity index (χ1n) is 4.86. The van der Waals surface area contributed by atoms with Crippen LogP contribution in [0, 0.1) is 6.92 Å². The number of morpholine rings is 1. The molecule has 1 aromatic heterocycles. The first-order valence-corrected chi connectivity index (χ1v) is 4.86. The third-order valence-corrected chi connectivity index (χ3v) is 2.20. The number of nitrogens with one attached hydrogen (secondary N) is 1. The van der Waals surface area contributed by atoms with Gasteiger partial charge in [-0.3, -0.25) is 0 Å². The van der Waals surface area contributed by atoms with Gasteiger partial charge >= 0.3 is 0 Å². The number of nitrogens with zero attached hydrogens (tertiary/aromatic N) is 2. The molecule has 0 atom stereocenters. The van der Waals surface area contributed by atoms with Crippen LogP contribution in [-0.2, 0) is 4.74 Å². The van der Waals surface area contributed by atoms with Crippen LogP contribution in [0.4, 0.5) is 5.82 Å². The van der Waals surface area contributed by atoms with Crippen molar-refractivity contribution in [2.75, 3.05) is 31.7 Å². The van der Waals surface area contributed by atoms with Crippen molar-refractivity contribution in [1.82, 2.24) is 9.99 Å². The second-order valence-corrected chi connectivity index (χ2v) is 3.43. The van der Waals surface area contributed by atoms with Gasteiger partial charge in [-0.1, -0.05) is 0 Å². The van der Waals surface area contributed by atoms with Crippen LogP contribution >= 0.6 is 0 Å². The van der Waals surface area contributed by atoms with Gasteiger partial charge in [0.2, 0.25) is 0 Å². The van der Waals surface area contributed by atoms with E-state index in [0.29, 0.717) is 0 Å². The summed E-state index contributed by atoms with van der Waals surface area (Å²) in [4.78, 5) is 4.24. The number of anilines is 1. The normalized spacial score (nSPS) is 18.1. The minimum atomic E-state index is 0.790. The summed E-state index contributed by atoms with van der Waals surface area (Å²) in [6.07, 6.45) is 1.82. The third kappa shape index (κ3) is 2.43. The standard InChI is InChI=1S/C10H15N3O/c1-9-2-3-11-10(8-9)12-13-4-6-14-7-5-13/h2-3,8H,4-7H2,1H3,(H,11,12). The van der Waals surface area contributed by atoms with Crippen molar-refractivity contribution in [3.63, 3.8) is 0 Å². The molecule has 1 saturated heterocycles. The maximum absolute atomic E-state index is 5.26. The predicted octanol–water partition coefficient (Wildman–Crippen LogP) is 1.05. The Morgan fingerprint density at radius 1 is 1.43 bits per heavy atom. The molecule has 0 radical (unpaired) electrons. The number of hydrazine groups is 1. The highest BCUT2D eigenvalue weighted by molar-refractivity contribution is 5.35. The second kappa shape index (κ2) is 4.39. The largest absolute Gasteiger partial charge is 0.379 e. The zero-order valence-corrected chi connectivity index (χ0v) is 8.36. The monoisotopic (exact) mass is 193 g/mol. The average molecular weight is 193 g/mol. The Hall–Kier alpha value is -1.13. The van der Waals surface area contributed by atoms with E-state index in [-0.39, 0.29) is 0 Å². The summed E-state index contributed by atoms with van der Waals surface area (Å²) in [6.45, 7) is 5.47. The molecule has 0 aliphatic carbocycles. The van der Waals surface area contributed by atoms with Crippen LogP contribution in [0.3, 0.4) is 0 Å². The summed E-state index contributed by atoms with van der Waals surface area (Å²) in [5, 5.41) is 2.13. The van der Waals surface area contributed by atoms with E-state index in [2.05, 4.69) is 22.3 Å². The quantitative estimate of drug-likeness (QED) is 0.761. The first kappa shape index (κ1) is 9.43. The van der Waals surface area contributed by atoms with Crippen molar-refractivity contribution in [2.45, 2.75) is 6.92 Å². The number of ether oxygens (including phenoxy) is 1.